The van der Waals surface area contributed by atoms with E-state index < -0.39 is 15.1 Å². The number of aryl methyl sites for hydroxylation is 1. The lowest BCUT2D eigenvalue weighted by molar-refractivity contribution is -0.141. The Bertz CT molecular complexity index is 1310. The topological polar surface area (TPSA) is 78.6 Å². The zero-order chi connectivity index (χ0) is 26.4. The zero-order valence-electron chi connectivity index (χ0n) is 22.0. The monoisotopic (exact) mass is 543 g/mol. The number of hydrogen-bond donors (Lipinski definition) is 0. The lowest BCUT2D eigenvalue weighted by atomic mass is 9.86. The second kappa shape index (κ2) is 10.2. The van der Waals surface area contributed by atoms with Crippen molar-refractivity contribution in [3.8, 4) is 5.00 Å². The van der Waals surface area contributed by atoms with Crippen LogP contribution in [0.15, 0.2) is 29.3 Å². The summed E-state index contributed by atoms with van der Waals surface area (Å²) in [6.07, 6.45) is -0.00604. The van der Waals surface area contributed by atoms with E-state index in [0.29, 0.717) is 10.8 Å². The maximum atomic E-state index is 12.4. The normalized spacial score (nSPS) is 16.3. The van der Waals surface area contributed by atoms with Crippen LogP contribution in [0.3, 0.4) is 0 Å². The second-order valence-electron chi connectivity index (χ2n) is 10.3. The van der Waals surface area contributed by atoms with Gasteiger partial charge in [0, 0.05) is 21.0 Å². The fraction of sp³-hybridized carbons (Fsp3) is 0.462. The summed E-state index contributed by atoms with van der Waals surface area (Å²) in [5.41, 5.74) is 3.74. The van der Waals surface area contributed by atoms with E-state index in [0.717, 1.165) is 33.2 Å². The van der Waals surface area contributed by atoms with E-state index in [1.165, 1.54) is 12.0 Å². The average Bonchev–Trinajstić information content (AvgIpc) is 3.30. The first-order valence-electron chi connectivity index (χ1n) is 11.9. The molecule has 1 aliphatic rings. The molecule has 1 aromatic carbocycles. The molecule has 0 fully saturated rings. The van der Waals surface area contributed by atoms with Crippen LogP contribution in [-0.2, 0) is 14.0 Å². The molecule has 2 atom stereocenters. The molecule has 7 nitrogen and oxygen atoms in total. The van der Waals surface area contributed by atoms with Gasteiger partial charge in [0.25, 0.3) is 0 Å². The van der Waals surface area contributed by atoms with E-state index in [1.807, 2.05) is 35.8 Å². The molecular formula is C26H32ClN4O3SSi. The molecular weight excluding hydrogens is 512 g/mol. The van der Waals surface area contributed by atoms with Crippen LogP contribution in [0.4, 0.5) is 0 Å². The van der Waals surface area contributed by atoms with Crippen molar-refractivity contribution in [1.29, 1.82) is 0 Å². The van der Waals surface area contributed by atoms with Crippen LogP contribution < -0.4 is 0 Å². The highest BCUT2D eigenvalue weighted by atomic mass is 35.5. The third kappa shape index (κ3) is 5.07. The first-order chi connectivity index (χ1) is 16.9. The largest absolute Gasteiger partial charge is 0.469 e. The van der Waals surface area contributed by atoms with Crippen LogP contribution in [0, 0.1) is 19.3 Å². The van der Waals surface area contributed by atoms with Crippen molar-refractivity contribution in [3.05, 3.63) is 62.5 Å². The predicted molar refractivity (Wildman–Crippen MR) is 146 cm³/mol. The Labute approximate surface area is 223 Å². The lowest BCUT2D eigenvalue weighted by Gasteiger charge is -2.32. The molecule has 1 unspecified atom stereocenters. The minimum Gasteiger partial charge on any atom is -0.469 e. The first kappa shape index (κ1) is 26.7. The zero-order valence-corrected chi connectivity index (χ0v) is 24.5. The highest BCUT2D eigenvalue weighted by Crippen LogP contribution is 2.47. The Balaban J connectivity index is 2.03. The summed E-state index contributed by atoms with van der Waals surface area (Å²) in [5.74, 6) is 1.01. The number of carbonyl (C=O) groups is 1. The smallest absolute Gasteiger partial charge is 0.308 e. The number of aromatic nitrogens is 3. The number of carbonyl (C=O) groups excluding carboxylic acids is 1. The van der Waals surface area contributed by atoms with Gasteiger partial charge in [-0.05, 0) is 50.1 Å². The van der Waals surface area contributed by atoms with Crippen molar-refractivity contribution >= 4 is 43.7 Å². The van der Waals surface area contributed by atoms with Crippen molar-refractivity contribution in [1.82, 2.24) is 14.8 Å². The number of esters is 1. The molecule has 0 saturated carbocycles. The van der Waals surface area contributed by atoms with Gasteiger partial charge in [0.05, 0.1) is 25.3 Å². The minimum absolute atomic E-state index is 0.0672. The Morgan fingerprint density at radius 2 is 1.86 bits per heavy atom. The van der Waals surface area contributed by atoms with E-state index in [1.54, 1.807) is 11.3 Å². The number of rotatable bonds is 6. The van der Waals surface area contributed by atoms with Crippen LogP contribution in [0.5, 0.6) is 0 Å². The number of thiophene rings is 1. The predicted octanol–water partition coefficient (Wildman–Crippen LogP) is 6.41. The molecule has 0 amide bonds. The van der Waals surface area contributed by atoms with Gasteiger partial charge in [-0.2, -0.15) is 0 Å². The standard InChI is InChI=1S/C26H32ClN4O3SSi/c1-14-20-21(16-9-11-17(27)12-10-16)28-18(13-19(32)33-6)24-30-29-15(2)31(24)25(20)35-22(14)23(26(3,4)5)34-36(7)8/h9-12,18,23H,13H2,1-8H3/t18-,23?/m0/s1. The number of halogens is 1. The quantitative estimate of drug-likeness (QED) is 0.265. The molecule has 0 N–H and O–H groups in total. The Morgan fingerprint density at radius 3 is 2.44 bits per heavy atom. The minimum atomic E-state index is -0.960. The van der Waals surface area contributed by atoms with E-state index in [-0.39, 0.29) is 23.9 Å². The number of ether oxygens (including phenoxy) is 1. The molecule has 36 heavy (non-hydrogen) atoms. The van der Waals surface area contributed by atoms with Gasteiger partial charge in [-0.3, -0.25) is 14.4 Å². The number of methoxy groups -OCH3 is 1. The van der Waals surface area contributed by atoms with Gasteiger partial charge in [-0.25, -0.2) is 0 Å². The van der Waals surface area contributed by atoms with Crippen molar-refractivity contribution in [3.63, 3.8) is 0 Å². The Kier molecular flexibility index (Phi) is 7.57. The fourth-order valence-electron chi connectivity index (χ4n) is 4.39. The molecule has 0 spiro atoms. The van der Waals surface area contributed by atoms with Crippen LogP contribution in [0.25, 0.3) is 5.00 Å². The van der Waals surface area contributed by atoms with Crippen molar-refractivity contribution in [2.45, 2.75) is 66.3 Å². The molecule has 3 aromatic rings. The van der Waals surface area contributed by atoms with Crippen molar-refractivity contribution < 1.29 is 14.0 Å². The summed E-state index contributed by atoms with van der Waals surface area (Å²) < 4.78 is 13.6. The third-order valence-electron chi connectivity index (χ3n) is 6.12. The summed E-state index contributed by atoms with van der Waals surface area (Å²) in [4.78, 5) is 18.7. The maximum absolute atomic E-state index is 12.4. The summed E-state index contributed by atoms with van der Waals surface area (Å²) in [7, 11) is 0.424. The maximum Gasteiger partial charge on any atom is 0.308 e. The summed E-state index contributed by atoms with van der Waals surface area (Å²) >= 11 is 7.91. The molecule has 0 aliphatic carbocycles. The summed E-state index contributed by atoms with van der Waals surface area (Å²) in [6.45, 7) is 15.0. The van der Waals surface area contributed by atoms with Gasteiger partial charge >= 0.3 is 5.97 Å². The van der Waals surface area contributed by atoms with Crippen LogP contribution in [0.2, 0.25) is 18.1 Å². The first-order valence-corrected chi connectivity index (χ1v) is 15.5. The summed E-state index contributed by atoms with van der Waals surface area (Å²) in [5, 5.41) is 10.5. The number of fused-ring (bicyclic) bond motifs is 3. The molecule has 1 radical (unpaired) electrons. The Morgan fingerprint density at radius 1 is 1.19 bits per heavy atom. The van der Waals surface area contributed by atoms with E-state index in [4.69, 9.17) is 25.8 Å². The third-order valence-corrected chi connectivity index (χ3v) is 8.40. The fourth-order valence-corrected chi connectivity index (χ4v) is 7.18. The molecule has 10 heteroatoms. The van der Waals surface area contributed by atoms with Gasteiger partial charge in [0.15, 0.2) is 5.82 Å². The number of aliphatic imine (C=N–C) groups is 1. The molecule has 0 saturated heterocycles. The highest BCUT2D eigenvalue weighted by molar-refractivity contribution is 7.15. The molecule has 1 aliphatic heterocycles. The second-order valence-corrected chi connectivity index (χ2v) is 13.8. The summed E-state index contributed by atoms with van der Waals surface area (Å²) in [6, 6.07) is 7.11. The van der Waals surface area contributed by atoms with E-state index in [2.05, 4.69) is 51.0 Å². The van der Waals surface area contributed by atoms with Gasteiger partial charge < -0.3 is 9.16 Å². The molecule has 3 heterocycles. The van der Waals surface area contributed by atoms with Gasteiger partial charge in [0.2, 0.25) is 9.04 Å². The van der Waals surface area contributed by atoms with E-state index in [9.17, 15) is 4.79 Å². The van der Waals surface area contributed by atoms with Crippen LogP contribution in [0.1, 0.15) is 72.6 Å². The lowest BCUT2D eigenvalue weighted by Crippen LogP contribution is -2.25. The Hall–Kier alpha value is -2.33. The van der Waals surface area contributed by atoms with Crippen molar-refractivity contribution in [2.75, 3.05) is 7.11 Å². The number of benzene rings is 1. The molecule has 0 bridgehead atoms. The molecule has 2 aromatic heterocycles. The molecule has 4 rings (SSSR count). The van der Waals surface area contributed by atoms with Crippen molar-refractivity contribution in [2.24, 2.45) is 10.4 Å². The average molecular weight is 544 g/mol. The van der Waals surface area contributed by atoms with E-state index >= 15 is 0 Å². The number of nitrogens with zero attached hydrogens (tertiary/aromatic N) is 4. The SMILES string of the molecule is COC(=O)C[C@@H]1N=C(c2ccc(Cl)cc2)c2c(sc(C(O[Si](C)C)C(C)(C)C)c2C)-n2c(C)nnc21. The molecule has 191 valence electrons. The number of hydrogen-bond acceptors (Lipinski definition) is 7. The van der Waals surface area contributed by atoms with Gasteiger partial charge in [0.1, 0.15) is 16.9 Å². The van der Waals surface area contributed by atoms with Gasteiger partial charge in [-0.15, -0.1) is 21.5 Å². The van der Waals surface area contributed by atoms with Crippen LogP contribution in [-0.4, -0.2) is 42.6 Å². The van der Waals surface area contributed by atoms with Gasteiger partial charge in [-0.1, -0.05) is 44.5 Å². The van der Waals surface area contributed by atoms with Crippen LogP contribution >= 0.6 is 22.9 Å². The highest BCUT2D eigenvalue weighted by Gasteiger charge is 2.37.